The van der Waals surface area contributed by atoms with Gasteiger partial charge in [-0.25, -0.2) is 0 Å². The van der Waals surface area contributed by atoms with Crippen LogP contribution in [0.5, 0.6) is 0 Å². The number of hydrogen-bond donors (Lipinski definition) is 0. The van der Waals surface area contributed by atoms with Gasteiger partial charge >= 0.3 is 0 Å². The van der Waals surface area contributed by atoms with E-state index in [1.54, 1.807) is 5.57 Å². The van der Waals surface area contributed by atoms with Crippen molar-refractivity contribution in [3.63, 3.8) is 0 Å². The van der Waals surface area contributed by atoms with Crippen molar-refractivity contribution in [3.05, 3.63) is 63.7 Å². The van der Waals surface area contributed by atoms with Gasteiger partial charge in [0.2, 0.25) is 0 Å². The first kappa shape index (κ1) is 20.9. The van der Waals surface area contributed by atoms with E-state index in [0.29, 0.717) is 5.92 Å². The van der Waals surface area contributed by atoms with Crippen molar-refractivity contribution in [3.8, 4) is 11.1 Å². The van der Waals surface area contributed by atoms with Crippen LogP contribution >= 0.6 is 0 Å². The van der Waals surface area contributed by atoms with E-state index in [9.17, 15) is 0 Å². The zero-order valence-corrected chi connectivity index (χ0v) is 19.5. The van der Waals surface area contributed by atoms with Gasteiger partial charge in [0.05, 0.1) is 0 Å². The van der Waals surface area contributed by atoms with Crippen LogP contribution < -0.4 is 0 Å². The van der Waals surface area contributed by atoms with Crippen molar-refractivity contribution in [2.45, 2.75) is 86.0 Å². The lowest BCUT2D eigenvalue weighted by atomic mass is 9.78. The number of rotatable bonds is 3. The van der Waals surface area contributed by atoms with Gasteiger partial charge in [0.1, 0.15) is 0 Å². The van der Waals surface area contributed by atoms with Gasteiger partial charge in [0, 0.05) is 0 Å². The van der Waals surface area contributed by atoms with Crippen LogP contribution in [0.4, 0.5) is 0 Å². The fraction of sp³-hybridized carbons (Fsp3) is 0.500. The molecule has 0 bridgehead atoms. The fourth-order valence-electron chi connectivity index (χ4n) is 4.15. The summed E-state index contributed by atoms with van der Waals surface area (Å²) in [6.45, 7) is 20.9. The SMILES string of the molecule is CCC(C)C1=Cc2c(ccc(C)c2-c2cc(C(C)(C)C)cc(C(C)(C)C)c2)C1. The molecule has 0 aromatic heterocycles. The summed E-state index contributed by atoms with van der Waals surface area (Å²) in [6.07, 6.45) is 4.82. The molecule has 0 saturated carbocycles. The van der Waals surface area contributed by atoms with Crippen LogP contribution in [0.25, 0.3) is 17.2 Å². The summed E-state index contributed by atoms with van der Waals surface area (Å²) in [6, 6.07) is 12.0. The number of fused-ring (bicyclic) bond motifs is 1. The third-order valence-corrected chi connectivity index (χ3v) is 6.47. The molecule has 0 spiro atoms. The van der Waals surface area contributed by atoms with Gasteiger partial charge < -0.3 is 0 Å². The molecular weight excluding hydrogens is 336 g/mol. The lowest BCUT2D eigenvalue weighted by Gasteiger charge is -2.27. The molecule has 1 atom stereocenters. The largest absolute Gasteiger partial charge is 0.0648 e. The van der Waals surface area contributed by atoms with Crippen molar-refractivity contribution in [2.75, 3.05) is 0 Å². The zero-order chi connectivity index (χ0) is 20.9. The third-order valence-electron chi connectivity index (χ3n) is 6.47. The van der Waals surface area contributed by atoms with Crippen LogP contribution in [0.3, 0.4) is 0 Å². The molecule has 0 nitrogen and oxygen atoms in total. The Morgan fingerprint density at radius 2 is 1.46 bits per heavy atom. The second-order valence-corrected chi connectivity index (χ2v) is 10.8. The van der Waals surface area contributed by atoms with Crippen molar-refractivity contribution >= 4 is 6.08 Å². The quantitative estimate of drug-likeness (QED) is 0.507. The van der Waals surface area contributed by atoms with Crippen molar-refractivity contribution in [2.24, 2.45) is 5.92 Å². The molecule has 0 radical (unpaired) electrons. The molecule has 0 fully saturated rings. The van der Waals surface area contributed by atoms with E-state index in [4.69, 9.17) is 0 Å². The Morgan fingerprint density at radius 3 is 1.96 bits per heavy atom. The second kappa shape index (κ2) is 7.21. The van der Waals surface area contributed by atoms with E-state index in [-0.39, 0.29) is 10.8 Å². The molecule has 0 heterocycles. The topological polar surface area (TPSA) is 0 Å². The first-order chi connectivity index (χ1) is 12.9. The van der Waals surface area contributed by atoms with Gasteiger partial charge in [0.25, 0.3) is 0 Å². The predicted octanol–water partition coefficient (Wildman–Crippen LogP) is 8.24. The number of allylic oxidation sites excluding steroid dienone is 1. The standard InChI is InChI=1S/C28H38/c1-10-18(2)21-13-20-12-11-19(3)26(25(20)16-21)22-14-23(27(4,5)6)17-24(15-22)28(7,8)9/h11-12,14-18H,10,13H2,1-9H3. The number of benzene rings is 2. The van der Waals surface area contributed by atoms with Gasteiger partial charge in [-0.15, -0.1) is 0 Å². The predicted molar refractivity (Wildman–Crippen MR) is 125 cm³/mol. The van der Waals surface area contributed by atoms with E-state index >= 15 is 0 Å². The lowest BCUT2D eigenvalue weighted by molar-refractivity contribution is 0.569. The maximum atomic E-state index is 2.49. The van der Waals surface area contributed by atoms with Crippen molar-refractivity contribution in [1.82, 2.24) is 0 Å². The summed E-state index contributed by atoms with van der Waals surface area (Å²) < 4.78 is 0. The highest BCUT2D eigenvalue weighted by Crippen LogP contribution is 2.41. The van der Waals surface area contributed by atoms with Crippen LogP contribution in [0.2, 0.25) is 0 Å². The monoisotopic (exact) mass is 374 g/mol. The highest BCUT2D eigenvalue weighted by atomic mass is 14.3. The molecule has 0 heteroatoms. The van der Waals surface area contributed by atoms with Crippen LogP contribution in [-0.2, 0) is 17.3 Å². The number of aryl methyl sites for hydroxylation is 1. The zero-order valence-electron chi connectivity index (χ0n) is 19.5. The molecule has 1 aliphatic rings. The molecule has 28 heavy (non-hydrogen) atoms. The molecule has 0 amide bonds. The van der Waals surface area contributed by atoms with Gasteiger partial charge in [-0.05, 0) is 75.5 Å². The van der Waals surface area contributed by atoms with E-state index in [2.05, 4.69) is 98.7 Å². The highest BCUT2D eigenvalue weighted by molar-refractivity contribution is 5.83. The van der Waals surface area contributed by atoms with E-state index in [1.165, 1.54) is 45.4 Å². The Morgan fingerprint density at radius 1 is 0.893 bits per heavy atom. The minimum Gasteiger partial charge on any atom is -0.0648 e. The molecule has 1 aliphatic carbocycles. The van der Waals surface area contributed by atoms with Gasteiger partial charge in [-0.2, -0.15) is 0 Å². The van der Waals surface area contributed by atoms with Crippen LogP contribution in [0.15, 0.2) is 35.9 Å². The molecule has 150 valence electrons. The summed E-state index contributed by atoms with van der Waals surface area (Å²) >= 11 is 0. The molecule has 2 aromatic carbocycles. The van der Waals surface area contributed by atoms with E-state index in [1.807, 2.05) is 0 Å². The maximum Gasteiger partial charge on any atom is -0.00549 e. The van der Waals surface area contributed by atoms with Crippen molar-refractivity contribution < 1.29 is 0 Å². The lowest BCUT2D eigenvalue weighted by Crippen LogP contribution is -2.16. The minimum atomic E-state index is 0.138. The maximum absolute atomic E-state index is 2.49. The summed E-state index contributed by atoms with van der Waals surface area (Å²) in [4.78, 5) is 0. The second-order valence-electron chi connectivity index (χ2n) is 10.8. The average Bonchev–Trinajstić information content (AvgIpc) is 3.03. The van der Waals surface area contributed by atoms with Crippen LogP contribution in [-0.4, -0.2) is 0 Å². The van der Waals surface area contributed by atoms with E-state index < -0.39 is 0 Å². The molecule has 2 aromatic rings. The first-order valence-corrected chi connectivity index (χ1v) is 10.9. The molecule has 3 rings (SSSR count). The Balaban J connectivity index is 2.26. The number of hydrogen-bond acceptors (Lipinski definition) is 0. The Kier molecular flexibility index (Phi) is 5.38. The summed E-state index contributed by atoms with van der Waals surface area (Å²) in [5.74, 6) is 0.659. The van der Waals surface area contributed by atoms with E-state index in [0.717, 1.165) is 6.42 Å². The fourth-order valence-corrected chi connectivity index (χ4v) is 4.15. The summed E-state index contributed by atoms with van der Waals surface area (Å²) in [5.41, 5.74) is 11.9. The molecular formula is C28H38. The molecule has 0 N–H and O–H groups in total. The highest BCUT2D eigenvalue weighted by Gasteiger charge is 2.24. The van der Waals surface area contributed by atoms with Crippen LogP contribution in [0.1, 0.15) is 89.6 Å². The molecule has 0 aliphatic heterocycles. The van der Waals surface area contributed by atoms with Gasteiger partial charge in [-0.1, -0.05) is 97.4 Å². The van der Waals surface area contributed by atoms with Gasteiger partial charge in [-0.3, -0.25) is 0 Å². The molecule has 1 unspecified atom stereocenters. The normalized spacial score (nSPS) is 15.4. The van der Waals surface area contributed by atoms with Crippen LogP contribution in [0, 0.1) is 12.8 Å². The smallest absolute Gasteiger partial charge is 0.00549 e. The first-order valence-electron chi connectivity index (χ1n) is 10.9. The summed E-state index contributed by atoms with van der Waals surface area (Å²) in [7, 11) is 0. The average molecular weight is 375 g/mol. The minimum absolute atomic E-state index is 0.138. The Labute approximate surface area is 173 Å². The summed E-state index contributed by atoms with van der Waals surface area (Å²) in [5, 5.41) is 0. The molecule has 0 saturated heterocycles. The van der Waals surface area contributed by atoms with Crippen molar-refractivity contribution in [1.29, 1.82) is 0 Å². The Bertz CT molecular complexity index is 878. The third kappa shape index (κ3) is 3.97. The van der Waals surface area contributed by atoms with Gasteiger partial charge in [0.15, 0.2) is 0 Å². The Hall–Kier alpha value is -1.82.